The summed E-state index contributed by atoms with van der Waals surface area (Å²) in [6.07, 6.45) is 33.3. The number of hydrogen-bond donors (Lipinski definition) is 3. The van der Waals surface area contributed by atoms with Crippen LogP contribution in [0, 0.1) is 0 Å². The number of aliphatic hydroxyl groups excluding tert-OH is 3. The van der Waals surface area contributed by atoms with Crippen LogP contribution in [0.1, 0.15) is 149 Å². The summed E-state index contributed by atoms with van der Waals surface area (Å²) >= 11 is 0. The third-order valence-corrected chi connectivity index (χ3v) is 10.3. The zero-order chi connectivity index (χ0) is 44.0. The van der Waals surface area contributed by atoms with Gasteiger partial charge in [0.1, 0.15) is 19.8 Å². The van der Waals surface area contributed by atoms with Gasteiger partial charge < -0.3 is 43.2 Å². The van der Waals surface area contributed by atoms with E-state index < -0.39 is 50.8 Å². The minimum atomic E-state index is -4.73. The maximum Gasteiger partial charge on any atom is 0.306 e. The Labute approximate surface area is 357 Å². The molecule has 0 aliphatic carbocycles. The van der Waals surface area contributed by atoms with Crippen molar-refractivity contribution < 1.29 is 57.4 Å². The Balaban J connectivity index is 4.72. The van der Waals surface area contributed by atoms with Crippen LogP contribution in [0.3, 0.4) is 0 Å². The Morgan fingerprint density at radius 1 is 0.644 bits per heavy atom. The summed E-state index contributed by atoms with van der Waals surface area (Å²) in [7, 11) is 0.936. The van der Waals surface area contributed by atoms with Gasteiger partial charge in [-0.3, -0.25) is 14.2 Å². The second-order valence-corrected chi connectivity index (χ2v) is 17.7. The summed E-state index contributed by atoms with van der Waals surface area (Å²) in [5.41, 5.74) is 0. The highest BCUT2D eigenvalue weighted by atomic mass is 31.2. The minimum Gasteiger partial charge on any atom is -0.756 e. The lowest BCUT2D eigenvalue weighted by atomic mass is 10.1. The summed E-state index contributed by atoms with van der Waals surface area (Å²) in [5, 5.41) is 30.6. The maximum atomic E-state index is 12.7. The molecule has 3 N–H and O–H groups in total. The number of esters is 2. The van der Waals surface area contributed by atoms with E-state index in [4.69, 9.17) is 18.5 Å². The second-order valence-electron chi connectivity index (χ2n) is 16.3. The van der Waals surface area contributed by atoms with Crippen LogP contribution < -0.4 is 4.89 Å². The Hall–Kier alpha value is -2.41. The summed E-state index contributed by atoms with van der Waals surface area (Å²) in [5.74, 6) is -1.18. The van der Waals surface area contributed by atoms with Crippen LogP contribution in [0.25, 0.3) is 0 Å². The van der Waals surface area contributed by atoms with Crippen molar-refractivity contribution in [2.45, 2.75) is 173 Å². The quantitative estimate of drug-likeness (QED) is 0.0135. The molecule has 0 rings (SSSR count). The molecule has 0 aromatic rings. The van der Waals surface area contributed by atoms with Crippen LogP contribution in [0.5, 0.6) is 0 Å². The first-order valence-electron chi connectivity index (χ1n) is 22.3. The molecule has 0 heterocycles. The Morgan fingerprint density at radius 3 is 1.81 bits per heavy atom. The van der Waals surface area contributed by atoms with Crippen molar-refractivity contribution in [1.29, 1.82) is 0 Å². The fraction of sp³-hybridized carbons (Fsp3) is 0.739. The topological polar surface area (TPSA) is 172 Å². The molecular formula is C46H82NO11P. The Bertz CT molecular complexity index is 1240. The number of carbonyl (C=O) groups is 2. The number of unbranched alkanes of at least 4 members (excludes halogenated alkanes) is 13. The highest BCUT2D eigenvalue weighted by Crippen LogP contribution is 2.38. The predicted octanol–water partition coefficient (Wildman–Crippen LogP) is 8.74. The molecule has 13 heteroatoms. The van der Waals surface area contributed by atoms with E-state index in [9.17, 15) is 34.4 Å². The van der Waals surface area contributed by atoms with Gasteiger partial charge >= 0.3 is 11.9 Å². The number of quaternary nitrogens is 1. The zero-order valence-corrected chi connectivity index (χ0v) is 38.2. The zero-order valence-electron chi connectivity index (χ0n) is 37.3. The smallest absolute Gasteiger partial charge is 0.306 e. The summed E-state index contributed by atoms with van der Waals surface area (Å²) < 4.78 is 33.6. The van der Waals surface area contributed by atoms with Gasteiger partial charge in [0.05, 0.1) is 46.1 Å². The number of rotatable bonds is 39. The lowest BCUT2D eigenvalue weighted by molar-refractivity contribution is -0.870. The molecule has 5 atom stereocenters. The predicted molar refractivity (Wildman–Crippen MR) is 235 cm³/mol. The highest BCUT2D eigenvalue weighted by Gasteiger charge is 2.22. The van der Waals surface area contributed by atoms with Crippen molar-refractivity contribution in [3.63, 3.8) is 0 Å². The third kappa shape index (κ3) is 39.5. The van der Waals surface area contributed by atoms with E-state index in [1.807, 2.05) is 21.1 Å². The van der Waals surface area contributed by atoms with E-state index in [0.29, 0.717) is 17.4 Å². The van der Waals surface area contributed by atoms with E-state index in [1.165, 1.54) is 44.6 Å². The molecule has 0 aliphatic rings. The van der Waals surface area contributed by atoms with Crippen molar-refractivity contribution in [2.24, 2.45) is 0 Å². The van der Waals surface area contributed by atoms with Crippen LogP contribution in [-0.2, 0) is 32.7 Å². The lowest BCUT2D eigenvalue weighted by Crippen LogP contribution is -2.37. The molecule has 0 aliphatic heterocycles. The SMILES string of the molecule is CCCCCCCC/C=C\CCCCCCCC(=O)OCC(COP(=O)([O-])OCC[N+](C)(C)C)OC(=O)CCCC(O)C(O)\C=C/C=C\C=C\C=C/C(O)CCCCC. The van der Waals surface area contributed by atoms with E-state index in [0.717, 1.165) is 64.2 Å². The Morgan fingerprint density at radius 2 is 1.19 bits per heavy atom. The largest absolute Gasteiger partial charge is 0.756 e. The molecule has 5 unspecified atom stereocenters. The molecule has 0 spiro atoms. The van der Waals surface area contributed by atoms with Crippen LogP contribution in [0.15, 0.2) is 60.8 Å². The lowest BCUT2D eigenvalue weighted by Gasteiger charge is -2.28. The van der Waals surface area contributed by atoms with Crippen molar-refractivity contribution >= 4 is 19.8 Å². The fourth-order valence-corrected chi connectivity index (χ4v) is 6.41. The molecule has 12 nitrogen and oxygen atoms in total. The molecule has 0 saturated heterocycles. The third-order valence-electron chi connectivity index (χ3n) is 9.38. The van der Waals surface area contributed by atoms with Crippen molar-refractivity contribution in [1.82, 2.24) is 0 Å². The molecule has 0 radical (unpaired) electrons. The van der Waals surface area contributed by atoms with Gasteiger partial charge in [0.15, 0.2) is 6.10 Å². The van der Waals surface area contributed by atoms with Gasteiger partial charge in [-0.15, -0.1) is 0 Å². The van der Waals surface area contributed by atoms with Crippen molar-refractivity contribution in [3.8, 4) is 0 Å². The molecular weight excluding hydrogens is 773 g/mol. The van der Waals surface area contributed by atoms with Gasteiger partial charge in [-0.2, -0.15) is 0 Å². The standard InChI is InChI=1S/C46H82NO11P/c1-6-8-10-11-12-13-14-15-16-17-18-19-20-25-29-35-45(51)55-39-42(40-57-59(53,54)56-38-37-47(3,4)5)58-46(52)36-30-34-44(50)43(49)33-28-24-22-21-23-27-32-41(48)31-26-9-7-2/h15-16,21-24,27-28,32-33,41-44,48-50H,6-14,17-20,25-26,29-31,34-40H2,1-5H3/b16-15-,23-21+,24-22-,32-27-,33-28-. The van der Waals surface area contributed by atoms with Crippen molar-refractivity contribution in [3.05, 3.63) is 60.8 Å². The van der Waals surface area contributed by atoms with E-state index in [-0.39, 0.29) is 38.9 Å². The highest BCUT2D eigenvalue weighted by molar-refractivity contribution is 7.45. The summed E-state index contributed by atoms with van der Waals surface area (Å²) in [6, 6.07) is 0. The summed E-state index contributed by atoms with van der Waals surface area (Å²) in [6.45, 7) is 3.69. The number of ether oxygens (including phenoxy) is 2. The van der Waals surface area contributed by atoms with Crippen LogP contribution in [-0.4, -0.2) is 104 Å². The normalized spacial score (nSPS) is 15.7. The number of nitrogens with zero attached hydrogens (tertiary/aromatic N) is 1. The van der Waals surface area contributed by atoms with E-state index in [2.05, 4.69) is 26.0 Å². The average Bonchev–Trinajstić information content (AvgIpc) is 3.17. The number of aliphatic hydroxyl groups is 3. The van der Waals surface area contributed by atoms with Crippen LogP contribution in [0.4, 0.5) is 0 Å². The van der Waals surface area contributed by atoms with Gasteiger partial charge in [0.25, 0.3) is 7.82 Å². The first-order chi connectivity index (χ1) is 28.2. The number of likely N-dealkylation sites (N-methyl/N-ethyl adjacent to an activating group) is 1. The maximum absolute atomic E-state index is 12.7. The van der Waals surface area contributed by atoms with Crippen LogP contribution in [0.2, 0.25) is 0 Å². The first kappa shape index (κ1) is 56.6. The van der Waals surface area contributed by atoms with Crippen molar-refractivity contribution in [2.75, 3.05) is 47.5 Å². The molecule has 342 valence electrons. The van der Waals surface area contributed by atoms with Gasteiger partial charge in [0, 0.05) is 12.8 Å². The fourth-order valence-electron chi connectivity index (χ4n) is 5.68. The number of hydrogen-bond acceptors (Lipinski definition) is 11. The number of allylic oxidation sites excluding steroid dienone is 8. The number of phosphoric ester groups is 1. The molecule has 0 fully saturated rings. The minimum absolute atomic E-state index is 0.0948. The number of carbonyl (C=O) groups excluding carboxylic acids is 2. The van der Waals surface area contributed by atoms with Gasteiger partial charge in [-0.05, 0) is 51.4 Å². The molecule has 0 bridgehead atoms. The molecule has 0 amide bonds. The molecule has 0 saturated carbocycles. The number of phosphoric acid groups is 1. The summed E-state index contributed by atoms with van der Waals surface area (Å²) in [4.78, 5) is 37.6. The molecule has 0 aromatic heterocycles. The van der Waals surface area contributed by atoms with E-state index >= 15 is 0 Å². The average molecular weight is 856 g/mol. The van der Waals surface area contributed by atoms with Crippen LogP contribution >= 0.6 is 7.82 Å². The van der Waals surface area contributed by atoms with Gasteiger partial charge in [0.2, 0.25) is 0 Å². The van der Waals surface area contributed by atoms with Gasteiger partial charge in [-0.1, -0.05) is 145 Å². The molecule has 59 heavy (non-hydrogen) atoms. The first-order valence-corrected chi connectivity index (χ1v) is 23.8. The van der Waals surface area contributed by atoms with Gasteiger partial charge in [-0.25, -0.2) is 0 Å². The monoisotopic (exact) mass is 856 g/mol. The molecule has 0 aromatic carbocycles. The Kier molecular flexibility index (Phi) is 35.8. The van der Waals surface area contributed by atoms with E-state index in [1.54, 1.807) is 42.5 Å². The second kappa shape index (κ2) is 37.4.